The largest absolute Gasteiger partial charge is 0.400 e. The fourth-order valence-corrected chi connectivity index (χ4v) is 5.77. The van der Waals surface area contributed by atoms with E-state index in [-0.39, 0.29) is 6.42 Å². The molecule has 0 unspecified atom stereocenters. The van der Waals surface area contributed by atoms with Gasteiger partial charge in [-0.15, -0.1) is 0 Å². The van der Waals surface area contributed by atoms with Crippen LogP contribution in [0.15, 0.2) is 0 Å². The van der Waals surface area contributed by atoms with E-state index in [1.165, 1.54) is 0 Å². The first-order chi connectivity index (χ1) is 17.0. The highest BCUT2D eigenvalue weighted by molar-refractivity contribution is 7.81. The van der Waals surface area contributed by atoms with E-state index in [2.05, 4.69) is 8.37 Å². The summed E-state index contributed by atoms with van der Waals surface area (Å²) >= 11 is 0. The van der Waals surface area contributed by atoms with Crippen LogP contribution >= 0.6 is 0 Å². The van der Waals surface area contributed by atoms with Crippen LogP contribution in [-0.2, 0) is 38.6 Å². The number of hydrogen-bond donors (Lipinski definition) is 9. The Balaban J connectivity index is 2.84. The van der Waals surface area contributed by atoms with Gasteiger partial charge in [0.1, 0.15) is 48.8 Å². The van der Waals surface area contributed by atoms with Crippen LogP contribution in [0.4, 0.5) is 0 Å². The first kappa shape index (κ1) is 32.6. The van der Waals surface area contributed by atoms with E-state index in [1.807, 2.05) is 6.92 Å². The van der Waals surface area contributed by atoms with Crippen molar-refractivity contribution < 1.29 is 79.5 Å². The third kappa shape index (κ3) is 6.94. The van der Waals surface area contributed by atoms with Gasteiger partial charge in [0, 0.05) is 0 Å². The molecule has 19 heteroatoms. The van der Waals surface area contributed by atoms with E-state index in [4.69, 9.17) is 9.47 Å². The predicted octanol–water partition coefficient (Wildman–Crippen LogP) is -4.01. The minimum Gasteiger partial charge on any atom is -0.394 e. The normalized spacial score (nSPS) is 41.6. The van der Waals surface area contributed by atoms with E-state index in [0.717, 1.165) is 0 Å². The van der Waals surface area contributed by atoms with Gasteiger partial charge < -0.3 is 45.2 Å². The molecule has 10 atom stereocenters. The van der Waals surface area contributed by atoms with Crippen molar-refractivity contribution >= 4 is 20.8 Å². The van der Waals surface area contributed by atoms with Gasteiger partial charge in [0.25, 0.3) is 0 Å². The van der Waals surface area contributed by atoms with Crippen molar-refractivity contribution in [2.75, 3.05) is 13.2 Å². The highest BCUT2D eigenvalue weighted by atomic mass is 32.3. The third-order valence-corrected chi connectivity index (χ3v) is 7.31. The fourth-order valence-electron chi connectivity index (χ4n) is 4.65. The monoisotopic (exact) mass is 586 g/mol. The Morgan fingerprint density at radius 3 is 1.89 bits per heavy atom. The number of unbranched alkanes of at least 4 members (excludes halogenated alkanes) is 3. The molecule has 2 fully saturated rings. The van der Waals surface area contributed by atoms with Gasteiger partial charge in [-0.3, -0.25) is 9.11 Å². The molecular weight excluding hydrogens is 552 g/mol. The summed E-state index contributed by atoms with van der Waals surface area (Å²) < 4.78 is 86.1. The maximum Gasteiger partial charge on any atom is 0.400 e. The third-order valence-electron chi connectivity index (χ3n) is 6.40. The second-order valence-electron chi connectivity index (χ2n) is 8.94. The van der Waals surface area contributed by atoms with Crippen LogP contribution in [0.1, 0.15) is 39.0 Å². The van der Waals surface area contributed by atoms with Crippen molar-refractivity contribution in [3.63, 3.8) is 0 Å². The molecular formula is C18H34O17S2. The van der Waals surface area contributed by atoms with E-state index >= 15 is 0 Å². The Morgan fingerprint density at radius 2 is 1.41 bits per heavy atom. The van der Waals surface area contributed by atoms with E-state index in [1.54, 1.807) is 0 Å². The van der Waals surface area contributed by atoms with E-state index in [0.29, 0.717) is 19.3 Å². The minimum atomic E-state index is -5.75. The SMILES string of the molecule is CCCCCC[C@@]1(O)[C@@H](OS(=O)(=O)O)[C@H](O)[C@@H](CO)O[C@]1(OS(=O)(=O)O)[C@@H]1O[C@H](CO)[C@@H](O)[C@H](O)[C@H]1O. The van der Waals surface area contributed by atoms with Gasteiger partial charge >= 0.3 is 20.8 Å². The summed E-state index contributed by atoms with van der Waals surface area (Å²) in [6.45, 7) is -0.459. The maximum absolute atomic E-state index is 12.0. The van der Waals surface area contributed by atoms with Crippen LogP contribution in [0.5, 0.6) is 0 Å². The molecule has 0 amide bonds. The molecule has 0 aromatic heterocycles. The van der Waals surface area contributed by atoms with Crippen LogP contribution in [0.3, 0.4) is 0 Å². The molecule has 2 saturated heterocycles. The molecule has 0 radical (unpaired) electrons. The Morgan fingerprint density at radius 1 is 0.811 bits per heavy atom. The summed E-state index contributed by atoms with van der Waals surface area (Å²) in [5.74, 6) is -3.51. The van der Waals surface area contributed by atoms with Crippen LogP contribution in [-0.4, -0.2) is 135 Å². The molecule has 220 valence electrons. The lowest BCUT2D eigenvalue weighted by Crippen LogP contribution is -2.81. The molecule has 0 aromatic rings. The van der Waals surface area contributed by atoms with E-state index in [9.17, 15) is 61.7 Å². The fraction of sp³-hybridized carbons (Fsp3) is 1.00. The van der Waals surface area contributed by atoms with Crippen LogP contribution in [0.2, 0.25) is 0 Å². The van der Waals surface area contributed by atoms with Gasteiger partial charge in [-0.1, -0.05) is 32.6 Å². The Labute approximate surface area is 213 Å². The molecule has 0 aromatic carbocycles. The van der Waals surface area contributed by atoms with Crippen LogP contribution < -0.4 is 0 Å². The van der Waals surface area contributed by atoms with Crippen molar-refractivity contribution in [1.29, 1.82) is 0 Å². The first-order valence-electron chi connectivity index (χ1n) is 11.3. The predicted molar refractivity (Wildman–Crippen MR) is 117 cm³/mol. The molecule has 9 N–H and O–H groups in total. The summed E-state index contributed by atoms with van der Waals surface area (Å²) in [6, 6.07) is 0. The summed E-state index contributed by atoms with van der Waals surface area (Å²) in [5, 5.41) is 73.0. The lowest BCUT2D eigenvalue weighted by molar-refractivity contribution is -0.425. The lowest BCUT2D eigenvalue weighted by atomic mass is 9.71. The summed E-state index contributed by atoms with van der Waals surface area (Å²) in [5.41, 5.74) is -3.24. The molecule has 0 aliphatic carbocycles. The van der Waals surface area contributed by atoms with Crippen molar-refractivity contribution in [2.45, 2.75) is 99.2 Å². The Bertz CT molecular complexity index is 957. The molecule has 17 nitrogen and oxygen atoms in total. The second kappa shape index (κ2) is 12.3. The molecule has 2 aliphatic rings. The summed E-state index contributed by atoms with van der Waals surface area (Å²) in [4.78, 5) is 0. The van der Waals surface area contributed by atoms with Crippen molar-refractivity contribution in [3.05, 3.63) is 0 Å². The number of aliphatic hydroxyl groups is 7. The molecule has 0 saturated carbocycles. The Kier molecular flexibility index (Phi) is 10.8. The smallest absolute Gasteiger partial charge is 0.394 e. The number of aliphatic hydroxyl groups excluding tert-OH is 6. The van der Waals surface area contributed by atoms with Gasteiger partial charge in [0.15, 0.2) is 5.60 Å². The molecule has 2 heterocycles. The minimum absolute atomic E-state index is 0.0798. The van der Waals surface area contributed by atoms with Gasteiger partial charge in [0.2, 0.25) is 5.79 Å². The van der Waals surface area contributed by atoms with Gasteiger partial charge in [-0.2, -0.15) is 16.8 Å². The van der Waals surface area contributed by atoms with Gasteiger partial charge in [-0.05, 0) is 6.42 Å². The first-order valence-corrected chi connectivity index (χ1v) is 14.0. The summed E-state index contributed by atoms with van der Waals surface area (Å²) in [6.07, 6.45) is -17.1. The van der Waals surface area contributed by atoms with Gasteiger partial charge in [0.05, 0.1) is 13.2 Å². The summed E-state index contributed by atoms with van der Waals surface area (Å²) in [7, 11) is -11.3. The maximum atomic E-state index is 12.0. The lowest BCUT2D eigenvalue weighted by Gasteiger charge is -2.59. The zero-order valence-electron chi connectivity index (χ0n) is 19.7. The van der Waals surface area contributed by atoms with Gasteiger partial charge in [-0.25, -0.2) is 8.37 Å². The van der Waals surface area contributed by atoms with Crippen LogP contribution in [0.25, 0.3) is 0 Å². The number of rotatable bonds is 12. The zero-order chi connectivity index (χ0) is 28.4. The molecule has 0 bridgehead atoms. The average molecular weight is 587 g/mol. The number of hydrogen-bond acceptors (Lipinski definition) is 15. The Hall–Kier alpha value is -0.620. The molecule has 2 rings (SSSR count). The average Bonchev–Trinajstić information content (AvgIpc) is 2.79. The molecule has 2 aliphatic heterocycles. The standard InChI is InChI=1S/C18H34O17S2/c1-2-3-4-5-6-17(25)15(34-36(26,27)28)12(22)10(8-20)33-18(17,35-37(29,30)31)16-14(24)13(23)11(21)9(7-19)32-16/h9-16,19-25H,2-8H2,1H3,(H,26,27,28)(H,29,30,31)/t9-,10-,11-,12-,13+,14-,15+,16-,17-,18+/m1/s1. The second-order valence-corrected chi connectivity index (χ2v) is 11.0. The van der Waals surface area contributed by atoms with Crippen molar-refractivity contribution in [2.24, 2.45) is 0 Å². The van der Waals surface area contributed by atoms with E-state index < -0.39 is 101 Å². The number of ether oxygens (including phenoxy) is 2. The zero-order valence-corrected chi connectivity index (χ0v) is 21.3. The highest BCUT2D eigenvalue weighted by Gasteiger charge is 2.73. The highest BCUT2D eigenvalue weighted by Crippen LogP contribution is 2.50. The van der Waals surface area contributed by atoms with Crippen molar-refractivity contribution in [3.8, 4) is 0 Å². The molecule has 37 heavy (non-hydrogen) atoms. The van der Waals surface area contributed by atoms with Crippen molar-refractivity contribution in [1.82, 2.24) is 0 Å². The van der Waals surface area contributed by atoms with Crippen LogP contribution in [0, 0.1) is 0 Å². The topological polar surface area (TPSA) is 287 Å². The quantitative estimate of drug-likeness (QED) is 0.0777. The molecule has 0 spiro atoms.